The third-order valence-electron chi connectivity index (χ3n) is 2.28. The van der Waals surface area contributed by atoms with Crippen molar-refractivity contribution in [1.29, 1.82) is 0 Å². The number of hydrogen-bond acceptors (Lipinski definition) is 1. The van der Waals surface area contributed by atoms with Crippen molar-refractivity contribution in [2.24, 2.45) is 0 Å². The third-order valence-corrected chi connectivity index (χ3v) is 2.28. The quantitative estimate of drug-likeness (QED) is 0.760. The lowest BCUT2D eigenvalue weighted by Crippen LogP contribution is -2.20. The average Bonchev–Trinajstić information content (AvgIpc) is 2.17. The zero-order valence-electron chi connectivity index (χ0n) is 8.89. The summed E-state index contributed by atoms with van der Waals surface area (Å²) in [7, 11) is 0. The van der Waals surface area contributed by atoms with Gasteiger partial charge in [-0.2, -0.15) is 0 Å². The molecule has 1 aromatic carbocycles. The molecule has 78 valence electrons. The van der Waals surface area contributed by atoms with Gasteiger partial charge in [0.05, 0.1) is 0 Å². The summed E-state index contributed by atoms with van der Waals surface area (Å²) in [6.07, 6.45) is 2.16. The average molecular weight is 195 g/mol. The lowest BCUT2D eigenvalue weighted by Gasteiger charge is -2.17. The minimum atomic E-state index is -0.151. The van der Waals surface area contributed by atoms with Crippen molar-refractivity contribution in [3.63, 3.8) is 0 Å². The van der Waals surface area contributed by atoms with E-state index in [-0.39, 0.29) is 5.82 Å². The van der Waals surface area contributed by atoms with Gasteiger partial charge in [-0.25, -0.2) is 4.39 Å². The van der Waals surface area contributed by atoms with Crippen LogP contribution in [0.2, 0.25) is 0 Å². The molecule has 0 aromatic heterocycles. The van der Waals surface area contributed by atoms with E-state index in [0.717, 1.165) is 24.9 Å². The van der Waals surface area contributed by atoms with Crippen LogP contribution in [0, 0.1) is 5.82 Å². The molecule has 1 aromatic rings. The summed E-state index contributed by atoms with van der Waals surface area (Å²) >= 11 is 0. The van der Waals surface area contributed by atoms with Crippen LogP contribution in [0.15, 0.2) is 24.3 Å². The van der Waals surface area contributed by atoms with Crippen molar-refractivity contribution in [2.45, 2.75) is 32.7 Å². The normalized spacial score (nSPS) is 12.8. The van der Waals surface area contributed by atoms with Crippen molar-refractivity contribution < 1.29 is 4.39 Å². The Hall–Kier alpha value is -0.890. The van der Waals surface area contributed by atoms with Crippen molar-refractivity contribution in [2.75, 3.05) is 6.54 Å². The smallest absolute Gasteiger partial charge is 0.123 e. The summed E-state index contributed by atoms with van der Waals surface area (Å²) in [6.45, 7) is 5.13. The molecule has 1 unspecified atom stereocenters. The summed E-state index contributed by atoms with van der Waals surface area (Å²) in [4.78, 5) is 0. The van der Waals surface area contributed by atoms with Gasteiger partial charge in [-0.3, -0.25) is 0 Å². The molecule has 0 aliphatic heterocycles. The molecule has 1 atom stereocenters. The molecule has 0 aliphatic rings. The van der Waals surface area contributed by atoms with E-state index in [1.807, 2.05) is 6.07 Å². The van der Waals surface area contributed by atoms with Gasteiger partial charge in [0, 0.05) is 6.04 Å². The molecule has 0 heterocycles. The highest BCUT2D eigenvalue weighted by atomic mass is 19.1. The monoisotopic (exact) mass is 195 g/mol. The van der Waals surface area contributed by atoms with Crippen LogP contribution in [0.3, 0.4) is 0 Å². The molecule has 14 heavy (non-hydrogen) atoms. The molecule has 0 radical (unpaired) electrons. The lowest BCUT2D eigenvalue weighted by molar-refractivity contribution is 0.505. The van der Waals surface area contributed by atoms with Crippen molar-refractivity contribution >= 4 is 0 Å². The summed E-state index contributed by atoms with van der Waals surface area (Å²) < 4.78 is 13.0. The Balaban J connectivity index is 2.75. The fourth-order valence-corrected chi connectivity index (χ4v) is 1.64. The minimum absolute atomic E-state index is 0.151. The van der Waals surface area contributed by atoms with E-state index in [9.17, 15) is 4.39 Å². The molecular formula is C12H18FN. The van der Waals surface area contributed by atoms with Gasteiger partial charge in [0.25, 0.3) is 0 Å². The minimum Gasteiger partial charge on any atom is -0.310 e. The topological polar surface area (TPSA) is 12.0 Å². The molecule has 0 saturated heterocycles. The standard InChI is InChI=1S/C12H18FN/c1-3-6-12(14-4-2)10-7-5-8-11(13)9-10/h5,7-9,12,14H,3-4,6H2,1-2H3. The number of nitrogens with one attached hydrogen (secondary N) is 1. The maximum atomic E-state index is 13.0. The molecule has 0 aliphatic carbocycles. The first-order chi connectivity index (χ1) is 6.77. The Morgan fingerprint density at radius 3 is 2.71 bits per heavy atom. The van der Waals surface area contributed by atoms with Crippen LogP contribution in [0.1, 0.15) is 38.3 Å². The van der Waals surface area contributed by atoms with Gasteiger partial charge >= 0.3 is 0 Å². The second kappa shape index (κ2) is 5.76. The van der Waals surface area contributed by atoms with Gasteiger partial charge in [0.1, 0.15) is 5.82 Å². The lowest BCUT2D eigenvalue weighted by atomic mass is 10.0. The van der Waals surface area contributed by atoms with E-state index in [1.165, 1.54) is 6.07 Å². The van der Waals surface area contributed by atoms with Gasteiger partial charge in [-0.05, 0) is 30.7 Å². The Kier molecular flexibility index (Phi) is 4.60. The molecule has 0 spiro atoms. The van der Waals surface area contributed by atoms with Crippen LogP contribution in [-0.2, 0) is 0 Å². The summed E-state index contributed by atoms with van der Waals surface area (Å²) in [5, 5.41) is 3.36. The maximum Gasteiger partial charge on any atom is 0.123 e. The van der Waals surface area contributed by atoms with Gasteiger partial charge in [-0.15, -0.1) is 0 Å². The fraction of sp³-hybridized carbons (Fsp3) is 0.500. The number of halogens is 1. The molecule has 0 bridgehead atoms. The molecule has 0 amide bonds. The first-order valence-electron chi connectivity index (χ1n) is 5.26. The molecule has 0 saturated carbocycles. The maximum absolute atomic E-state index is 13.0. The van der Waals surface area contributed by atoms with Crippen LogP contribution in [-0.4, -0.2) is 6.54 Å². The van der Waals surface area contributed by atoms with Crippen LogP contribution in [0.5, 0.6) is 0 Å². The summed E-state index contributed by atoms with van der Waals surface area (Å²) in [5.41, 5.74) is 1.05. The van der Waals surface area contributed by atoms with Crippen molar-refractivity contribution in [3.05, 3.63) is 35.6 Å². The molecule has 1 rings (SSSR count). The van der Waals surface area contributed by atoms with Crippen LogP contribution < -0.4 is 5.32 Å². The van der Waals surface area contributed by atoms with Gasteiger partial charge < -0.3 is 5.32 Å². The van der Waals surface area contributed by atoms with E-state index in [0.29, 0.717) is 6.04 Å². The second-order valence-corrected chi connectivity index (χ2v) is 3.45. The van der Waals surface area contributed by atoms with E-state index in [2.05, 4.69) is 19.2 Å². The largest absolute Gasteiger partial charge is 0.310 e. The summed E-state index contributed by atoms with van der Waals surface area (Å²) in [6, 6.07) is 7.14. The van der Waals surface area contributed by atoms with Crippen LogP contribution in [0.4, 0.5) is 4.39 Å². The van der Waals surface area contributed by atoms with Gasteiger partial charge in [-0.1, -0.05) is 32.4 Å². The first kappa shape index (κ1) is 11.2. The molecule has 0 fully saturated rings. The highest BCUT2D eigenvalue weighted by molar-refractivity contribution is 5.20. The van der Waals surface area contributed by atoms with Crippen molar-refractivity contribution in [1.82, 2.24) is 5.32 Å². The predicted molar refractivity (Wildman–Crippen MR) is 57.7 cm³/mol. The second-order valence-electron chi connectivity index (χ2n) is 3.45. The Morgan fingerprint density at radius 1 is 1.36 bits per heavy atom. The molecule has 1 N–H and O–H groups in total. The Bertz CT molecular complexity index is 267. The number of rotatable bonds is 5. The van der Waals surface area contributed by atoms with Gasteiger partial charge in [0.15, 0.2) is 0 Å². The SMILES string of the molecule is CCCC(NCC)c1cccc(F)c1. The van der Waals surface area contributed by atoms with E-state index in [4.69, 9.17) is 0 Å². The van der Waals surface area contributed by atoms with Gasteiger partial charge in [0.2, 0.25) is 0 Å². The fourth-order valence-electron chi connectivity index (χ4n) is 1.64. The molecule has 2 heteroatoms. The first-order valence-corrected chi connectivity index (χ1v) is 5.26. The Morgan fingerprint density at radius 2 is 2.14 bits per heavy atom. The molecular weight excluding hydrogens is 177 g/mol. The van der Waals surface area contributed by atoms with E-state index in [1.54, 1.807) is 12.1 Å². The van der Waals surface area contributed by atoms with Crippen LogP contribution >= 0.6 is 0 Å². The van der Waals surface area contributed by atoms with E-state index >= 15 is 0 Å². The summed E-state index contributed by atoms with van der Waals surface area (Å²) in [5.74, 6) is -0.151. The zero-order valence-corrected chi connectivity index (χ0v) is 8.89. The number of hydrogen-bond donors (Lipinski definition) is 1. The van der Waals surface area contributed by atoms with Crippen molar-refractivity contribution in [3.8, 4) is 0 Å². The Labute approximate surface area is 85.3 Å². The molecule has 1 nitrogen and oxygen atoms in total. The third kappa shape index (κ3) is 3.11. The highest BCUT2D eigenvalue weighted by Crippen LogP contribution is 2.18. The number of benzene rings is 1. The zero-order chi connectivity index (χ0) is 10.4. The predicted octanol–water partition coefficient (Wildman–Crippen LogP) is 3.28. The highest BCUT2D eigenvalue weighted by Gasteiger charge is 2.08. The van der Waals surface area contributed by atoms with E-state index < -0.39 is 0 Å². The van der Waals surface area contributed by atoms with Crippen LogP contribution in [0.25, 0.3) is 0 Å².